The average Bonchev–Trinajstić information content (AvgIpc) is 3.42. The van der Waals surface area contributed by atoms with Crippen LogP contribution in [0.3, 0.4) is 0 Å². The summed E-state index contributed by atoms with van der Waals surface area (Å²) in [4.78, 5) is 35.5. The second-order valence-corrected chi connectivity index (χ2v) is 23.8. The van der Waals surface area contributed by atoms with Gasteiger partial charge in [0.1, 0.15) is 0 Å². The van der Waals surface area contributed by atoms with E-state index in [0.717, 1.165) is 41.2 Å². The summed E-state index contributed by atoms with van der Waals surface area (Å²) in [5, 5.41) is 0. The Hall–Kier alpha value is -5.07. The monoisotopic (exact) mass is 988 g/mol. The Morgan fingerprint density at radius 2 is 0.761 bits per heavy atom. The van der Waals surface area contributed by atoms with Gasteiger partial charge in [-0.2, -0.15) is 0 Å². The first-order valence-corrected chi connectivity index (χ1v) is 29.3. The maximum absolute atomic E-state index is 15.1. The van der Waals surface area contributed by atoms with Crippen LogP contribution in [0.25, 0.3) is 22.3 Å². The van der Waals surface area contributed by atoms with Crippen LogP contribution in [0.1, 0.15) is 171 Å². The Kier molecular flexibility index (Phi) is 16.5. The van der Waals surface area contributed by atoms with E-state index in [1.807, 2.05) is 48.5 Å². The van der Waals surface area contributed by atoms with Gasteiger partial charge >= 0.3 is 0 Å². The minimum atomic E-state index is -0.101. The maximum Gasteiger partial charge on any atom is 0.196 e. The molecule has 0 unspecified atom stereocenters. The average molecular weight is 989 g/mol. The van der Waals surface area contributed by atoms with Gasteiger partial charge in [-0.3, -0.25) is 9.59 Å². The number of unbranched alkanes of at least 4 members (excludes halogenated alkanes) is 4. The Labute approximate surface area is 436 Å². The number of rotatable bonds is 18. The van der Waals surface area contributed by atoms with Crippen molar-refractivity contribution in [2.45, 2.75) is 158 Å². The van der Waals surface area contributed by atoms with Crippen LogP contribution < -0.4 is 0 Å². The van der Waals surface area contributed by atoms with Gasteiger partial charge in [-0.25, -0.2) is 0 Å². The summed E-state index contributed by atoms with van der Waals surface area (Å²) < 4.78 is 0. The second kappa shape index (κ2) is 23.6. The number of carbonyl (C=O) groups is 2. The fourth-order valence-electron chi connectivity index (χ4n) is 11.6. The van der Waals surface area contributed by atoms with Gasteiger partial charge in [0, 0.05) is 51.6 Å². The van der Waals surface area contributed by atoms with E-state index in [-0.39, 0.29) is 11.6 Å². The van der Waals surface area contributed by atoms with E-state index in [1.165, 1.54) is 136 Å². The van der Waals surface area contributed by atoms with E-state index in [2.05, 4.69) is 123 Å². The molecule has 71 heavy (non-hydrogen) atoms. The molecule has 0 saturated heterocycles. The van der Waals surface area contributed by atoms with E-state index in [1.54, 1.807) is 35.3 Å². The predicted molar refractivity (Wildman–Crippen MR) is 300 cm³/mol. The summed E-state index contributed by atoms with van der Waals surface area (Å²) in [5.41, 5.74) is 9.68. The third kappa shape index (κ3) is 11.8. The van der Waals surface area contributed by atoms with Crippen LogP contribution in [0.4, 0.5) is 0 Å². The summed E-state index contributed by atoms with van der Waals surface area (Å²) in [6, 6.07) is 55.8. The number of hydrogen-bond acceptors (Lipinski definition) is 5. The highest BCUT2D eigenvalue weighted by Gasteiger charge is 2.36. The Morgan fingerprint density at radius 3 is 1.20 bits per heavy atom. The first-order valence-electron chi connectivity index (χ1n) is 26.8. The number of benzene rings is 7. The molecule has 362 valence electrons. The molecule has 5 heteroatoms. The predicted octanol–water partition coefficient (Wildman–Crippen LogP) is 20.0. The topological polar surface area (TPSA) is 34.1 Å². The molecule has 0 radical (unpaired) electrons. The van der Waals surface area contributed by atoms with Crippen LogP contribution in [0.15, 0.2) is 187 Å². The third-order valence-electron chi connectivity index (χ3n) is 15.8. The summed E-state index contributed by atoms with van der Waals surface area (Å²) in [6.45, 7) is 4.59. The summed E-state index contributed by atoms with van der Waals surface area (Å²) in [6.07, 6.45) is 21.6. The number of ketones is 2. The van der Waals surface area contributed by atoms with Gasteiger partial charge in [-0.05, 0) is 163 Å². The van der Waals surface area contributed by atoms with Crippen molar-refractivity contribution in [1.29, 1.82) is 0 Å². The molecule has 2 saturated carbocycles. The smallest absolute Gasteiger partial charge is 0.196 e. The van der Waals surface area contributed by atoms with Crippen molar-refractivity contribution in [3.63, 3.8) is 0 Å². The highest BCUT2D eigenvalue weighted by Crippen LogP contribution is 2.46. The van der Waals surface area contributed by atoms with Crippen molar-refractivity contribution in [3.05, 3.63) is 191 Å². The SMILES string of the molecule is CCCCCC1CCC(c2ccc(-c3ccc(Sc4cccc5c4C(=O)c4c(Sc6ccccc6)ccc(Sc6ccc(-c7ccc(C8CCC(CCCCC)CC8)cc7)cc6)c4C5=O)cc3)cc2)CC1. The number of hydrogen-bond donors (Lipinski definition) is 0. The second-order valence-electron chi connectivity index (χ2n) is 20.5. The van der Waals surface area contributed by atoms with E-state index >= 15 is 4.79 Å². The molecule has 0 amide bonds. The number of fused-ring (bicyclic) bond motifs is 2. The first kappa shape index (κ1) is 49.5. The van der Waals surface area contributed by atoms with Crippen molar-refractivity contribution >= 4 is 46.9 Å². The summed E-state index contributed by atoms with van der Waals surface area (Å²) >= 11 is 4.66. The molecule has 2 fully saturated rings. The van der Waals surface area contributed by atoms with Gasteiger partial charge in [0.15, 0.2) is 11.6 Å². The van der Waals surface area contributed by atoms with Crippen LogP contribution in [-0.2, 0) is 0 Å². The molecule has 2 nitrogen and oxygen atoms in total. The Balaban J connectivity index is 0.843. The lowest BCUT2D eigenvalue weighted by Gasteiger charge is -2.29. The number of carbonyl (C=O) groups excluding carboxylic acids is 2. The Morgan fingerprint density at radius 1 is 0.366 bits per heavy atom. The van der Waals surface area contributed by atoms with Crippen molar-refractivity contribution in [3.8, 4) is 22.3 Å². The van der Waals surface area contributed by atoms with Gasteiger partial charge < -0.3 is 0 Å². The first-order chi connectivity index (χ1) is 34.9. The maximum atomic E-state index is 15.1. The molecule has 0 heterocycles. The molecule has 0 bridgehead atoms. The molecule has 0 N–H and O–H groups in total. The van der Waals surface area contributed by atoms with Crippen LogP contribution >= 0.6 is 35.3 Å². The molecule has 0 aromatic heterocycles. The molecule has 7 aromatic carbocycles. The quantitative estimate of drug-likeness (QED) is 0.0800. The molecular formula is C66H68O2S3. The van der Waals surface area contributed by atoms with Crippen molar-refractivity contribution < 1.29 is 9.59 Å². The lowest BCUT2D eigenvalue weighted by atomic mass is 9.77. The molecule has 3 aliphatic carbocycles. The van der Waals surface area contributed by atoms with E-state index < -0.39 is 0 Å². The van der Waals surface area contributed by atoms with Crippen molar-refractivity contribution in [1.82, 2.24) is 0 Å². The zero-order chi connectivity index (χ0) is 48.5. The standard InChI is InChI=1S/C66H68O2S3/c1-3-5-8-13-45-19-23-47(24-20-45)49-27-31-51(32-28-49)53-35-39-56(40-36-53)70-59-18-12-17-58-62(59)66(68)64-61(69-55-15-10-7-11-16-55)44-43-60(63(64)65(58)67)71-57-41-37-54(38-42-57)52-33-29-50(30-34-52)48-25-21-46(22-26-48)14-9-6-4-2/h7,10-12,15-18,27-48H,3-6,8-9,13-14,19-26H2,1-2H3. The van der Waals surface area contributed by atoms with E-state index in [9.17, 15) is 4.79 Å². The van der Waals surface area contributed by atoms with E-state index in [0.29, 0.717) is 34.1 Å². The molecule has 0 atom stereocenters. The lowest BCUT2D eigenvalue weighted by Crippen LogP contribution is -2.23. The molecule has 7 aromatic rings. The zero-order valence-electron chi connectivity index (χ0n) is 41.7. The van der Waals surface area contributed by atoms with Crippen LogP contribution in [0.5, 0.6) is 0 Å². The van der Waals surface area contributed by atoms with Crippen molar-refractivity contribution in [2.75, 3.05) is 0 Å². The largest absolute Gasteiger partial charge is 0.289 e. The fourth-order valence-corrected chi connectivity index (χ4v) is 14.5. The van der Waals surface area contributed by atoms with Crippen LogP contribution in [0.2, 0.25) is 0 Å². The van der Waals surface area contributed by atoms with Gasteiger partial charge in [0.2, 0.25) is 0 Å². The fraction of sp³-hybridized carbons (Fsp3) is 0.333. The van der Waals surface area contributed by atoms with Crippen LogP contribution in [-0.4, -0.2) is 11.6 Å². The molecule has 10 rings (SSSR count). The summed E-state index contributed by atoms with van der Waals surface area (Å²) in [7, 11) is 0. The van der Waals surface area contributed by atoms with Crippen molar-refractivity contribution in [2.24, 2.45) is 11.8 Å². The normalized spacial score (nSPS) is 18.8. The minimum Gasteiger partial charge on any atom is -0.289 e. The van der Waals surface area contributed by atoms with Gasteiger partial charge in [-0.1, -0.05) is 204 Å². The van der Waals surface area contributed by atoms with E-state index in [4.69, 9.17) is 0 Å². The molecule has 0 aliphatic heterocycles. The molecular weight excluding hydrogens is 921 g/mol. The minimum absolute atomic E-state index is 0.0981. The van der Waals surface area contributed by atoms with Gasteiger partial charge in [0.25, 0.3) is 0 Å². The highest BCUT2D eigenvalue weighted by atomic mass is 32.2. The van der Waals surface area contributed by atoms with Crippen LogP contribution in [0, 0.1) is 11.8 Å². The Bertz CT molecular complexity index is 2890. The molecule has 3 aliphatic rings. The third-order valence-corrected chi connectivity index (χ3v) is 19.0. The molecule has 0 spiro atoms. The van der Waals surface area contributed by atoms with Gasteiger partial charge in [-0.15, -0.1) is 0 Å². The summed E-state index contributed by atoms with van der Waals surface area (Å²) in [5.74, 6) is 2.98. The zero-order valence-corrected chi connectivity index (χ0v) is 44.1. The van der Waals surface area contributed by atoms with Gasteiger partial charge in [0.05, 0.1) is 0 Å². The highest BCUT2D eigenvalue weighted by molar-refractivity contribution is 8.00. The lowest BCUT2D eigenvalue weighted by molar-refractivity contribution is 0.0972.